The maximum absolute atomic E-state index is 11.8. The molecule has 17 heavy (non-hydrogen) atoms. The fourth-order valence-corrected chi connectivity index (χ4v) is 2.42. The number of nitrogens with zero attached hydrogens (tertiary/aromatic N) is 1. The van der Waals surface area contributed by atoms with E-state index < -0.39 is 0 Å². The Labute approximate surface area is 102 Å². The molecule has 0 aromatic heterocycles. The molecule has 1 aliphatic heterocycles. The zero-order chi connectivity index (χ0) is 12.4. The fourth-order valence-electron chi connectivity index (χ4n) is 2.42. The van der Waals surface area contributed by atoms with Gasteiger partial charge in [0.1, 0.15) is 0 Å². The normalized spacial score (nSPS) is 31.5. The summed E-state index contributed by atoms with van der Waals surface area (Å²) in [6.07, 6.45) is 4.47. The van der Waals surface area contributed by atoms with Crippen molar-refractivity contribution in [2.45, 2.75) is 44.7 Å². The molecule has 0 unspecified atom stereocenters. The first-order valence-corrected chi connectivity index (χ1v) is 6.31. The minimum Gasteiger partial charge on any atom is -0.351 e. The molecule has 2 amide bonds. The summed E-state index contributed by atoms with van der Waals surface area (Å²) in [4.78, 5) is 25.2. The lowest BCUT2D eigenvalue weighted by Gasteiger charge is -2.16. The molecule has 1 N–H and O–H groups in total. The average molecular weight is 236 g/mol. The first kappa shape index (κ1) is 12.1. The lowest BCUT2D eigenvalue weighted by atomic mass is 10.2. The minimum absolute atomic E-state index is 0.00705. The number of hydrogen-bond donors (Lipinski definition) is 1. The summed E-state index contributed by atoms with van der Waals surface area (Å²) >= 11 is 0. The molecule has 1 heterocycles. The topological polar surface area (TPSA) is 49.4 Å². The van der Waals surface area contributed by atoms with E-state index in [4.69, 9.17) is 0 Å². The summed E-state index contributed by atoms with van der Waals surface area (Å²) in [6.45, 7) is 6.43. The number of carbonyl (C=O) groups excluding carboxylic acids is 2. The van der Waals surface area contributed by atoms with Crippen molar-refractivity contribution in [3.63, 3.8) is 0 Å². The number of likely N-dealkylation sites (tertiary alicyclic amines) is 1. The van der Waals surface area contributed by atoms with Crippen LogP contribution in [-0.4, -0.2) is 35.3 Å². The Balaban J connectivity index is 1.78. The molecule has 2 fully saturated rings. The van der Waals surface area contributed by atoms with Gasteiger partial charge in [-0.25, -0.2) is 0 Å². The van der Waals surface area contributed by atoms with Crippen LogP contribution in [0.5, 0.6) is 0 Å². The van der Waals surface area contributed by atoms with Crippen molar-refractivity contribution in [3.05, 3.63) is 12.7 Å². The van der Waals surface area contributed by atoms with Gasteiger partial charge in [-0.1, -0.05) is 13.0 Å². The van der Waals surface area contributed by atoms with Crippen molar-refractivity contribution >= 4 is 11.8 Å². The highest BCUT2D eigenvalue weighted by Gasteiger charge is 2.44. The third kappa shape index (κ3) is 2.87. The molecule has 4 heteroatoms. The minimum atomic E-state index is 0.00705. The van der Waals surface area contributed by atoms with E-state index in [9.17, 15) is 9.59 Å². The SMILES string of the molecule is C=CCCC(=O)N[C@@H]1CC(=O)N([C@@H]2C[C@H]2C)C1. The molecule has 0 bridgehead atoms. The molecule has 3 atom stereocenters. The van der Waals surface area contributed by atoms with Gasteiger partial charge in [0.2, 0.25) is 11.8 Å². The molecule has 2 rings (SSSR count). The van der Waals surface area contributed by atoms with Gasteiger partial charge in [-0.2, -0.15) is 0 Å². The van der Waals surface area contributed by atoms with Crippen LogP contribution in [0.4, 0.5) is 0 Å². The summed E-state index contributed by atoms with van der Waals surface area (Å²) in [7, 11) is 0. The third-order valence-electron chi connectivity index (χ3n) is 3.57. The molecule has 4 nitrogen and oxygen atoms in total. The molecule has 2 aliphatic rings. The number of hydrogen-bond acceptors (Lipinski definition) is 2. The second-order valence-corrected chi connectivity index (χ2v) is 5.12. The Kier molecular flexibility index (Phi) is 3.50. The van der Waals surface area contributed by atoms with Crippen molar-refractivity contribution in [1.29, 1.82) is 0 Å². The van der Waals surface area contributed by atoms with Gasteiger partial charge in [0.15, 0.2) is 0 Å². The first-order chi connectivity index (χ1) is 8.11. The Morgan fingerprint density at radius 3 is 2.94 bits per heavy atom. The quantitative estimate of drug-likeness (QED) is 0.726. The molecular formula is C13H20N2O2. The van der Waals surface area contributed by atoms with Crippen LogP contribution in [0.1, 0.15) is 32.6 Å². The maximum atomic E-state index is 11.8. The van der Waals surface area contributed by atoms with E-state index in [1.807, 2.05) is 4.90 Å². The summed E-state index contributed by atoms with van der Waals surface area (Å²) < 4.78 is 0. The molecule has 0 aromatic rings. The highest BCUT2D eigenvalue weighted by Crippen LogP contribution is 2.37. The zero-order valence-electron chi connectivity index (χ0n) is 10.3. The molecular weight excluding hydrogens is 216 g/mol. The van der Waals surface area contributed by atoms with Gasteiger partial charge >= 0.3 is 0 Å². The van der Waals surface area contributed by atoms with Crippen LogP contribution in [0, 0.1) is 5.92 Å². The summed E-state index contributed by atoms with van der Waals surface area (Å²) in [5, 5.41) is 2.92. The van der Waals surface area contributed by atoms with E-state index in [1.165, 1.54) is 0 Å². The van der Waals surface area contributed by atoms with Gasteiger partial charge in [0.25, 0.3) is 0 Å². The molecule has 0 radical (unpaired) electrons. The predicted octanol–water partition coefficient (Wildman–Crippen LogP) is 1.08. The summed E-state index contributed by atoms with van der Waals surface area (Å²) in [6, 6.07) is 0.435. The Hall–Kier alpha value is -1.32. The lowest BCUT2D eigenvalue weighted by Crippen LogP contribution is -2.37. The second kappa shape index (κ2) is 4.90. The Morgan fingerprint density at radius 2 is 2.35 bits per heavy atom. The van der Waals surface area contributed by atoms with Crippen LogP contribution in [0.25, 0.3) is 0 Å². The molecule has 0 aromatic carbocycles. The maximum Gasteiger partial charge on any atom is 0.225 e. The highest BCUT2D eigenvalue weighted by molar-refractivity contribution is 5.82. The van der Waals surface area contributed by atoms with Crippen molar-refractivity contribution in [3.8, 4) is 0 Å². The fraction of sp³-hybridized carbons (Fsp3) is 0.692. The first-order valence-electron chi connectivity index (χ1n) is 6.31. The van der Waals surface area contributed by atoms with Gasteiger partial charge in [-0.15, -0.1) is 6.58 Å². The standard InChI is InChI=1S/C13H20N2O2/c1-3-4-5-12(16)14-10-7-13(17)15(8-10)11-6-9(11)2/h3,9-11H,1,4-8H2,2H3,(H,14,16)/t9-,10-,11-/m1/s1. The van der Waals surface area contributed by atoms with E-state index in [0.717, 1.165) is 6.42 Å². The van der Waals surface area contributed by atoms with E-state index in [2.05, 4.69) is 18.8 Å². The average Bonchev–Trinajstić information content (AvgIpc) is 2.88. The monoisotopic (exact) mass is 236 g/mol. The van der Waals surface area contributed by atoms with Crippen molar-refractivity contribution in [2.24, 2.45) is 5.92 Å². The number of allylic oxidation sites excluding steroid dienone is 1. The van der Waals surface area contributed by atoms with Gasteiger partial charge in [-0.3, -0.25) is 9.59 Å². The summed E-state index contributed by atoms with van der Waals surface area (Å²) in [5.74, 6) is 0.843. The van der Waals surface area contributed by atoms with Crippen LogP contribution in [-0.2, 0) is 9.59 Å². The van der Waals surface area contributed by atoms with E-state index in [0.29, 0.717) is 37.8 Å². The van der Waals surface area contributed by atoms with E-state index in [1.54, 1.807) is 6.08 Å². The molecule has 94 valence electrons. The number of nitrogens with one attached hydrogen (secondary N) is 1. The van der Waals surface area contributed by atoms with Crippen molar-refractivity contribution < 1.29 is 9.59 Å². The molecule has 1 saturated carbocycles. The van der Waals surface area contributed by atoms with Gasteiger partial charge in [-0.05, 0) is 18.8 Å². The smallest absolute Gasteiger partial charge is 0.225 e. The number of carbonyl (C=O) groups is 2. The van der Waals surface area contributed by atoms with Crippen LogP contribution in [0.3, 0.4) is 0 Å². The molecule has 1 saturated heterocycles. The molecule has 0 spiro atoms. The van der Waals surface area contributed by atoms with Gasteiger partial charge in [0.05, 0.1) is 6.04 Å². The van der Waals surface area contributed by atoms with Crippen molar-refractivity contribution in [1.82, 2.24) is 10.2 Å². The second-order valence-electron chi connectivity index (χ2n) is 5.12. The van der Waals surface area contributed by atoms with Crippen LogP contribution in [0.2, 0.25) is 0 Å². The van der Waals surface area contributed by atoms with E-state index >= 15 is 0 Å². The molecule has 1 aliphatic carbocycles. The van der Waals surface area contributed by atoms with Gasteiger partial charge in [0, 0.05) is 25.4 Å². The number of amides is 2. The van der Waals surface area contributed by atoms with Gasteiger partial charge < -0.3 is 10.2 Å². The van der Waals surface area contributed by atoms with Crippen LogP contribution >= 0.6 is 0 Å². The largest absolute Gasteiger partial charge is 0.351 e. The van der Waals surface area contributed by atoms with Crippen LogP contribution < -0.4 is 5.32 Å². The lowest BCUT2D eigenvalue weighted by molar-refractivity contribution is -0.128. The third-order valence-corrected chi connectivity index (χ3v) is 3.57. The number of rotatable bonds is 5. The van der Waals surface area contributed by atoms with Crippen molar-refractivity contribution in [2.75, 3.05) is 6.54 Å². The van der Waals surface area contributed by atoms with Crippen LogP contribution in [0.15, 0.2) is 12.7 Å². The summed E-state index contributed by atoms with van der Waals surface area (Å²) in [5.41, 5.74) is 0. The highest BCUT2D eigenvalue weighted by atomic mass is 16.2. The van der Waals surface area contributed by atoms with E-state index in [-0.39, 0.29) is 17.9 Å². The Bertz CT molecular complexity index is 340. The zero-order valence-corrected chi connectivity index (χ0v) is 10.3. The predicted molar refractivity (Wildman–Crippen MR) is 65.3 cm³/mol. The Morgan fingerprint density at radius 1 is 1.65 bits per heavy atom.